The molecule has 4 nitrogen and oxygen atoms in total. The van der Waals surface area contributed by atoms with Crippen LogP contribution in [-0.2, 0) is 5.75 Å². The molecular formula is C12H13N3OS. The first-order valence-electron chi connectivity index (χ1n) is 5.11. The average molecular weight is 247 g/mol. The summed E-state index contributed by atoms with van der Waals surface area (Å²) in [6.45, 7) is 0. The highest BCUT2D eigenvalue weighted by molar-refractivity contribution is 7.98. The van der Waals surface area contributed by atoms with E-state index in [1.807, 2.05) is 18.2 Å². The van der Waals surface area contributed by atoms with Crippen molar-refractivity contribution in [3.05, 3.63) is 42.5 Å². The van der Waals surface area contributed by atoms with Gasteiger partial charge in [0.05, 0.1) is 12.8 Å². The van der Waals surface area contributed by atoms with Crippen LogP contribution in [0.15, 0.2) is 41.7 Å². The van der Waals surface area contributed by atoms with E-state index in [2.05, 4.69) is 9.97 Å². The van der Waals surface area contributed by atoms with Gasteiger partial charge in [0.15, 0.2) is 0 Å². The minimum Gasteiger partial charge on any atom is -0.496 e. The number of benzene rings is 1. The Balaban J connectivity index is 2.09. The number of anilines is 1. The maximum absolute atomic E-state index is 5.70. The molecule has 0 bridgehead atoms. The quantitative estimate of drug-likeness (QED) is 0.664. The molecule has 2 rings (SSSR count). The van der Waals surface area contributed by atoms with Crippen LogP contribution in [0.1, 0.15) is 5.69 Å². The zero-order chi connectivity index (χ0) is 12.1. The van der Waals surface area contributed by atoms with Crippen molar-refractivity contribution in [3.8, 4) is 5.75 Å². The third kappa shape index (κ3) is 3.10. The van der Waals surface area contributed by atoms with E-state index >= 15 is 0 Å². The Kier molecular flexibility index (Phi) is 3.82. The van der Waals surface area contributed by atoms with E-state index in [9.17, 15) is 0 Å². The van der Waals surface area contributed by atoms with E-state index in [0.717, 1.165) is 22.1 Å². The summed E-state index contributed by atoms with van der Waals surface area (Å²) in [6.07, 6.45) is 5.12. The fourth-order valence-corrected chi connectivity index (χ4v) is 2.26. The molecule has 2 N–H and O–H groups in total. The van der Waals surface area contributed by atoms with Crippen molar-refractivity contribution in [2.75, 3.05) is 12.8 Å². The van der Waals surface area contributed by atoms with Gasteiger partial charge in [0.2, 0.25) is 0 Å². The van der Waals surface area contributed by atoms with Crippen LogP contribution in [0.4, 0.5) is 5.69 Å². The summed E-state index contributed by atoms with van der Waals surface area (Å²) in [5, 5.41) is 0. The summed E-state index contributed by atoms with van der Waals surface area (Å²) in [5.74, 6) is 1.55. The molecule has 1 heterocycles. The lowest BCUT2D eigenvalue weighted by Crippen LogP contribution is -1.91. The number of thioether (sulfide) groups is 1. The Hall–Kier alpha value is -1.75. The van der Waals surface area contributed by atoms with Gasteiger partial charge < -0.3 is 10.5 Å². The second-order valence-electron chi connectivity index (χ2n) is 3.40. The second-order valence-corrected chi connectivity index (χ2v) is 4.41. The van der Waals surface area contributed by atoms with E-state index in [4.69, 9.17) is 10.5 Å². The molecule has 0 saturated heterocycles. The maximum atomic E-state index is 5.70. The van der Waals surface area contributed by atoms with E-state index in [-0.39, 0.29) is 0 Å². The summed E-state index contributed by atoms with van der Waals surface area (Å²) < 4.78 is 5.28. The number of methoxy groups -OCH3 is 1. The molecular weight excluding hydrogens is 234 g/mol. The molecule has 17 heavy (non-hydrogen) atoms. The van der Waals surface area contributed by atoms with Gasteiger partial charge in [-0.05, 0) is 12.1 Å². The molecule has 5 heteroatoms. The zero-order valence-electron chi connectivity index (χ0n) is 9.46. The van der Waals surface area contributed by atoms with Gasteiger partial charge in [-0.25, -0.2) is 0 Å². The Bertz CT molecular complexity index is 490. The van der Waals surface area contributed by atoms with Crippen LogP contribution in [0.3, 0.4) is 0 Å². The van der Waals surface area contributed by atoms with E-state index in [1.54, 1.807) is 37.5 Å². The Morgan fingerprint density at radius 1 is 1.35 bits per heavy atom. The SMILES string of the molecule is COc1cc(N)ccc1SCc1cnccn1. The maximum Gasteiger partial charge on any atom is 0.134 e. The molecule has 0 unspecified atom stereocenters. The monoisotopic (exact) mass is 247 g/mol. The van der Waals surface area contributed by atoms with Crippen molar-refractivity contribution in [1.82, 2.24) is 9.97 Å². The van der Waals surface area contributed by atoms with Crippen LogP contribution < -0.4 is 10.5 Å². The third-order valence-electron chi connectivity index (χ3n) is 2.18. The molecule has 2 aromatic rings. The summed E-state index contributed by atoms with van der Waals surface area (Å²) in [7, 11) is 1.64. The summed E-state index contributed by atoms with van der Waals surface area (Å²) >= 11 is 1.65. The number of ether oxygens (including phenoxy) is 1. The lowest BCUT2D eigenvalue weighted by molar-refractivity contribution is 0.405. The third-order valence-corrected chi connectivity index (χ3v) is 3.27. The highest BCUT2D eigenvalue weighted by atomic mass is 32.2. The predicted octanol–water partition coefficient (Wildman–Crippen LogP) is 2.36. The first-order valence-corrected chi connectivity index (χ1v) is 6.09. The summed E-state index contributed by atoms with van der Waals surface area (Å²) in [4.78, 5) is 9.29. The fraction of sp³-hybridized carbons (Fsp3) is 0.167. The Morgan fingerprint density at radius 3 is 2.94 bits per heavy atom. The summed E-state index contributed by atoms with van der Waals surface area (Å²) in [6, 6.07) is 5.63. The minimum atomic E-state index is 0.700. The van der Waals surface area contributed by atoms with Crippen LogP contribution in [0, 0.1) is 0 Å². The number of nitrogens with zero attached hydrogens (tertiary/aromatic N) is 2. The van der Waals surface area contributed by atoms with Gasteiger partial charge in [-0.1, -0.05) is 0 Å². The van der Waals surface area contributed by atoms with Crippen LogP contribution in [0.5, 0.6) is 5.75 Å². The van der Waals surface area contributed by atoms with Gasteiger partial charge >= 0.3 is 0 Å². The lowest BCUT2D eigenvalue weighted by atomic mass is 10.3. The van der Waals surface area contributed by atoms with Gasteiger partial charge in [-0.2, -0.15) is 0 Å². The highest BCUT2D eigenvalue weighted by Crippen LogP contribution is 2.32. The molecule has 0 fully saturated rings. The number of hydrogen-bond donors (Lipinski definition) is 1. The van der Waals surface area contributed by atoms with Gasteiger partial charge in [-0.15, -0.1) is 11.8 Å². The molecule has 1 aromatic carbocycles. The molecule has 1 aromatic heterocycles. The van der Waals surface area contributed by atoms with E-state index in [1.165, 1.54) is 0 Å². The van der Waals surface area contributed by atoms with Gasteiger partial charge in [0.1, 0.15) is 5.75 Å². The molecule has 0 atom stereocenters. The summed E-state index contributed by atoms with van der Waals surface area (Å²) in [5.41, 5.74) is 7.34. The molecule has 88 valence electrons. The molecule has 0 radical (unpaired) electrons. The largest absolute Gasteiger partial charge is 0.496 e. The average Bonchev–Trinajstić information content (AvgIpc) is 2.38. The van der Waals surface area contributed by atoms with Gasteiger partial charge in [0, 0.05) is 41.0 Å². The van der Waals surface area contributed by atoms with Crippen LogP contribution in [-0.4, -0.2) is 17.1 Å². The molecule has 0 aliphatic heterocycles. The number of rotatable bonds is 4. The number of nitrogens with two attached hydrogens (primary N) is 1. The van der Waals surface area contributed by atoms with Gasteiger partial charge in [-0.3, -0.25) is 9.97 Å². The fourth-order valence-electron chi connectivity index (χ4n) is 1.36. The molecule has 0 amide bonds. The van der Waals surface area contributed by atoms with Crippen LogP contribution >= 0.6 is 11.8 Å². The highest BCUT2D eigenvalue weighted by Gasteiger charge is 2.05. The lowest BCUT2D eigenvalue weighted by Gasteiger charge is -2.08. The van der Waals surface area contributed by atoms with Crippen molar-refractivity contribution >= 4 is 17.4 Å². The number of hydrogen-bond acceptors (Lipinski definition) is 5. The van der Waals surface area contributed by atoms with Crippen molar-refractivity contribution in [1.29, 1.82) is 0 Å². The normalized spacial score (nSPS) is 10.2. The second kappa shape index (κ2) is 5.54. The van der Waals surface area contributed by atoms with Crippen LogP contribution in [0.2, 0.25) is 0 Å². The Labute approximate surface area is 104 Å². The van der Waals surface area contributed by atoms with Crippen molar-refractivity contribution in [2.24, 2.45) is 0 Å². The topological polar surface area (TPSA) is 61.0 Å². The molecule has 0 spiro atoms. The molecule has 0 saturated carbocycles. The van der Waals surface area contributed by atoms with Crippen molar-refractivity contribution in [2.45, 2.75) is 10.6 Å². The van der Waals surface area contributed by atoms with E-state index < -0.39 is 0 Å². The molecule has 0 aliphatic rings. The number of nitrogen functional groups attached to an aromatic ring is 1. The van der Waals surface area contributed by atoms with E-state index in [0.29, 0.717) is 5.69 Å². The smallest absolute Gasteiger partial charge is 0.134 e. The predicted molar refractivity (Wildman–Crippen MR) is 69.0 cm³/mol. The van der Waals surface area contributed by atoms with Crippen LogP contribution in [0.25, 0.3) is 0 Å². The first-order chi connectivity index (χ1) is 8.29. The van der Waals surface area contributed by atoms with Crippen molar-refractivity contribution in [3.63, 3.8) is 0 Å². The number of aromatic nitrogens is 2. The Morgan fingerprint density at radius 2 is 2.24 bits per heavy atom. The first kappa shape index (κ1) is 11.7. The standard InChI is InChI=1S/C12H13N3OS/c1-16-11-6-9(13)2-3-12(11)17-8-10-7-14-4-5-15-10/h2-7H,8,13H2,1H3. The van der Waals surface area contributed by atoms with Gasteiger partial charge in [0.25, 0.3) is 0 Å². The molecule has 0 aliphatic carbocycles. The minimum absolute atomic E-state index is 0.700. The van der Waals surface area contributed by atoms with Crippen molar-refractivity contribution < 1.29 is 4.74 Å². The zero-order valence-corrected chi connectivity index (χ0v) is 10.3.